The minimum Gasteiger partial charge on any atom is -0.356 e. The van der Waals surface area contributed by atoms with Gasteiger partial charge in [0.25, 0.3) is 0 Å². The predicted molar refractivity (Wildman–Crippen MR) is 84.5 cm³/mol. The van der Waals surface area contributed by atoms with Crippen LogP contribution in [0.25, 0.3) is 0 Å². The van der Waals surface area contributed by atoms with Gasteiger partial charge >= 0.3 is 0 Å². The van der Waals surface area contributed by atoms with Crippen LogP contribution in [0.4, 0.5) is 0 Å². The summed E-state index contributed by atoms with van der Waals surface area (Å²) in [5.74, 6) is 1.51. The second-order valence-corrected chi connectivity index (χ2v) is 6.60. The van der Waals surface area contributed by atoms with Gasteiger partial charge in [-0.3, -0.25) is 4.79 Å². The number of hydrogen-bond acceptors (Lipinski definition) is 3. The zero-order valence-electron chi connectivity index (χ0n) is 13.5. The van der Waals surface area contributed by atoms with E-state index < -0.39 is 0 Å². The Bertz CT molecular complexity index is 273. The molecule has 1 aliphatic rings. The average Bonchev–Trinajstić information content (AvgIpc) is 2.44. The molecular formula is C16H33N3O. The second-order valence-electron chi connectivity index (χ2n) is 6.60. The summed E-state index contributed by atoms with van der Waals surface area (Å²) >= 11 is 0. The van der Waals surface area contributed by atoms with E-state index in [4.69, 9.17) is 5.73 Å². The maximum Gasteiger partial charge on any atom is 0.220 e. The highest BCUT2D eigenvalue weighted by atomic mass is 16.1. The third-order valence-electron chi connectivity index (χ3n) is 4.67. The van der Waals surface area contributed by atoms with E-state index in [2.05, 4.69) is 31.1 Å². The normalized spacial score (nSPS) is 23.3. The minimum atomic E-state index is 0.230. The van der Waals surface area contributed by atoms with Crippen molar-refractivity contribution in [1.29, 1.82) is 0 Å². The first-order chi connectivity index (χ1) is 9.52. The molecule has 0 spiro atoms. The first kappa shape index (κ1) is 17.4. The first-order valence-electron chi connectivity index (χ1n) is 8.20. The fourth-order valence-corrected chi connectivity index (χ4v) is 2.82. The largest absolute Gasteiger partial charge is 0.356 e. The molecule has 0 heterocycles. The summed E-state index contributed by atoms with van der Waals surface area (Å²) < 4.78 is 0. The van der Waals surface area contributed by atoms with Gasteiger partial charge < -0.3 is 16.0 Å². The highest BCUT2D eigenvalue weighted by Crippen LogP contribution is 2.29. The van der Waals surface area contributed by atoms with E-state index in [1.807, 2.05) is 0 Å². The van der Waals surface area contributed by atoms with Crippen LogP contribution in [-0.2, 0) is 4.79 Å². The fraction of sp³-hybridized carbons (Fsp3) is 0.938. The standard InChI is InChI=1S/C16H33N3O/c1-13(2)19(3)10-4-9-18-16(20)11-14-5-7-15(12-17)8-6-14/h13-15H,4-12,17H2,1-3H3,(H,18,20). The lowest BCUT2D eigenvalue weighted by Crippen LogP contribution is -2.32. The molecule has 3 N–H and O–H groups in total. The SMILES string of the molecule is CC(C)N(C)CCCNC(=O)CC1CCC(CN)CC1. The van der Waals surface area contributed by atoms with E-state index >= 15 is 0 Å². The van der Waals surface area contributed by atoms with Crippen LogP contribution in [-0.4, -0.2) is 43.5 Å². The summed E-state index contributed by atoms with van der Waals surface area (Å²) in [4.78, 5) is 14.2. The molecule has 0 bridgehead atoms. The highest BCUT2D eigenvalue weighted by molar-refractivity contribution is 5.76. The molecule has 0 radical (unpaired) electrons. The van der Waals surface area contributed by atoms with Crippen LogP contribution in [0.5, 0.6) is 0 Å². The van der Waals surface area contributed by atoms with Crippen molar-refractivity contribution in [2.24, 2.45) is 17.6 Å². The van der Waals surface area contributed by atoms with E-state index in [0.717, 1.165) is 26.1 Å². The number of carbonyl (C=O) groups excluding carboxylic acids is 1. The van der Waals surface area contributed by atoms with E-state index in [-0.39, 0.29) is 5.91 Å². The molecule has 1 aliphatic carbocycles. The van der Waals surface area contributed by atoms with Crippen molar-refractivity contribution < 1.29 is 4.79 Å². The molecule has 0 aromatic rings. The zero-order valence-corrected chi connectivity index (χ0v) is 13.5. The van der Waals surface area contributed by atoms with E-state index in [0.29, 0.717) is 24.3 Å². The van der Waals surface area contributed by atoms with Crippen LogP contribution in [0.2, 0.25) is 0 Å². The van der Waals surface area contributed by atoms with Gasteiger partial charge in [0.1, 0.15) is 0 Å². The minimum absolute atomic E-state index is 0.230. The third kappa shape index (κ3) is 6.71. The van der Waals surface area contributed by atoms with Crippen molar-refractivity contribution >= 4 is 5.91 Å². The van der Waals surface area contributed by atoms with Gasteiger partial charge in [0.05, 0.1) is 0 Å². The van der Waals surface area contributed by atoms with Crippen LogP contribution >= 0.6 is 0 Å². The number of amides is 1. The molecule has 0 atom stereocenters. The lowest BCUT2D eigenvalue weighted by molar-refractivity contribution is -0.122. The summed E-state index contributed by atoms with van der Waals surface area (Å²) in [6.07, 6.45) is 6.48. The summed E-state index contributed by atoms with van der Waals surface area (Å²) in [5.41, 5.74) is 5.69. The quantitative estimate of drug-likeness (QED) is 0.670. The van der Waals surface area contributed by atoms with Crippen molar-refractivity contribution in [3.63, 3.8) is 0 Å². The van der Waals surface area contributed by atoms with Crippen LogP contribution in [0, 0.1) is 11.8 Å². The Morgan fingerprint density at radius 1 is 1.25 bits per heavy atom. The second kappa shape index (κ2) is 9.35. The highest BCUT2D eigenvalue weighted by Gasteiger charge is 2.21. The van der Waals surface area contributed by atoms with Crippen molar-refractivity contribution in [3.05, 3.63) is 0 Å². The molecular weight excluding hydrogens is 250 g/mol. The van der Waals surface area contributed by atoms with Gasteiger partial charge in [0, 0.05) is 19.0 Å². The molecule has 0 saturated heterocycles. The third-order valence-corrected chi connectivity index (χ3v) is 4.67. The Hall–Kier alpha value is -0.610. The predicted octanol–water partition coefficient (Wildman–Crippen LogP) is 1.99. The fourth-order valence-electron chi connectivity index (χ4n) is 2.82. The zero-order chi connectivity index (χ0) is 15.0. The van der Waals surface area contributed by atoms with E-state index in [1.54, 1.807) is 0 Å². The molecule has 20 heavy (non-hydrogen) atoms. The van der Waals surface area contributed by atoms with Gasteiger partial charge in [-0.15, -0.1) is 0 Å². The lowest BCUT2D eigenvalue weighted by Gasteiger charge is -2.27. The number of carbonyl (C=O) groups is 1. The van der Waals surface area contributed by atoms with Crippen molar-refractivity contribution in [2.75, 3.05) is 26.7 Å². The van der Waals surface area contributed by atoms with Gasteiger partial charge in [-0.05, 0) is 77.9 Å². The Kier molecular flexibility index (Phi) is 8.15. The van der Waals surface area contributed by atoms with E-state index in [1.165, 1.54) is 25.7 Å². The number of nitrogens with one attached hydrogen (secondary N) is 1. The molecule has 4 nitrogen and oxygen atoms in total. The maximum atomic E-state index is 11.9. The Balaban J connectivity index is 2.06. The van der Waals surface area contributed by atoms with Crippen LogP contribution in [0.1, 0.15) is 52.4 Å². The van der Waals surface area contributed by atoms with Gasteiger partial charge in [-0.1, -0.05) is 0 Å². The Morgan fingerprint density at radius 3 is 2.40 bits per heavy atom. The lowest BCUT2D eigenvalue weighted by atomic mass is 9.80. The monoisotopic (exact) mass is 283 g/mol. The van der Waals surface area contributed by atoms with Gasteiger partial charge in [-0.2, -0.15) is 0 Å². The molecule has 1 saturated carbocycles. The van der Waals surface area contributed by atoms with Gasteiger partial charge in [0.2, 0.25) is 5.91 Å². The number of nitrogens with zero attached hydrogens (tertiary/aromatic N) is 1. The summed E-state index contributed by atoms with van der Waals surface area (Å²) in [6, 6.07) is 0.573. The molecule has 1 fully saturated rings. The molecule has 118 valence electrons. The molecule has 0 unspecified atom stereocenters. The van der Waals surface area contributed by atoms with Crippen molar-refractivity contribution in [3.8, 4) is 0 Å². The maximum absolute atomic E-state index is 11.9. The van der Waals surface area contributed by atoms with E-state index in [9.17, 15) is 4.79 Å². The van der Waals surface area contributed by atoms with Crippen molar-refractivity contribution in [1.82, 2.24) is 10.2 Å². The summed E-state index contributed by atoms with van der Waals surface area (Å²) in [5, 5.41) is 3.06. The molecule has 4 heteroatoms. The van der Waals surface area contributed by atoms with Gasteiger partial charge in [0.15, 0.2) is 0 Å². The molecule has 0 aromatic carbocycles. The number of hydrogen-bond donors (Lipinski definition) is 2. The smallest absolute Gasteiger partial charge is 0.220 e. The molecule has 0 aromatic heterocycles. The topological polar surface area (TPSA) is 58.4 Å². The van der Waals surface area contributed by atoms with Crippen LogP contribution < -0.4 is 11.1 Å². The molecule has 1 rings (SSSR count). The Morgan fingerprint density at radius 2 is 1.85 bits per heavy atom. The molecule has 1 amide bonds. The number of nitrogens with two attached hydrogens (primary N) is 1. The first-order valence-corrected chi connectivity index (χ1v) is 8.20. The number of rotatable bonds is 8. The Labute approximate surface area is 124 Å². The summed E-state index contributed by atoms with van der Waals surface area (Å²) in [7, 11) is 2.13. The van der Waals surface area contributed by atoms with Crippen LogP contribution in [0.15, 0.2) is 0 Å². The average molecular weight is 283 g/mol. The van der Waals surface area contributed by atoms with Crippen LogP contribution in [0.3, 0.4) is 0 Å². The van der Waals surface area contributed by atoms with Crippen molar-refractivity contribution in [2.45, 2.75) is 58.4 Å². The summed E-state index contributed by atoms with van der Waals surface area (Å²) in [6.45, 7) is 7.03. The van der Waals surface area contributed by atoms with Gasteiger partial charge in [-0.25, -0.2) is 0 Å². The molecule has 0 aliphatic heterocycles.